The lowest BCUT2D eigenvalue weighted by Gasteiger charge is -2.35. The van der Waals surface area contributed by atoms with Gasteiger partial charge in [0.1, 0.15) is 0 Å². The molecule has 0 aliphatic carbocycles. The van der Waals surface area contributed by atoms with Gasteiger partial charge >= 0.3 is 0 Å². The van der Waals surface area contributed by atoms with E-state index in [-0.39, 0.29) is 0 Å². The second kappa shape index (κ2) is 6.71. The third-order valence-corrected chi connectivity index (χ3v) is 5.72. The molecule has 1 atom stereocenters. The number of thiophene rings is 1. The Labute approximate surface area is 140 Å². The fraction of sp³-hybridized carbons (Fsp3) is 0.333. The summed E-state index contributed by atoms with van der Waals surface area (Å²) in [5.41, 5.74) is 1.34. The van der Waals surface area contributed by atoms with Crippen LogP contribution in [0.3, 0.4) is 0 Å². The van der Waals surface area contributed by atoms with Gasteiger partial charge in [0.05, 0.1) is 6.04 Å². The molecule has 2 heterocycles. The van der Waals surface area contributed by atoms with Gasteiger partial charge in [-0.1, -0.05) is 37.9 Å². The molecule has 1 saturated heterocycles. The molecule has 2 aromatic rings. The zero-order valence-electron chi connectivity index (χ0n) is 11.0. The molecular formula is C15H16Br2N2S. The molecule has 5 heteroatoms. The molecule has 0 saturated carbocycles. The average Bonchev–Trinajstić information content (AvgIpc) is 2.98. The maximum Gasteiger partial charge on any atom is 0.0708 e. The number of rotatable bonds is 3. The third kappa shape index (κ3) is 3.17. The van der Waals surface area contributed by atoms with E-state index in [1.54, 1.807) is 0 Å². The highest BCUT2D eigenvalue weighted by Crippen LogP contribution is 2.37. The molecule has 1 aliphatic rings. The number of benzene rings is 1. The lowest BCUT2D eigenvalue weighted by Crippen LogP contribution is -2.45. The Hall–Kier alpha value is -0.200. The zero-order valence-corrected chi connectivity index (χ0v) is 15.0. The summed E-state index contributed by atoms with van der Waals surface area (Å²) in [5.74, 6) is 0. The second-order valence-corrected chi connectivity index (χ2v) is 7.62. The van der Waals surface area contributed by atoms with Gasteiger partial charge in [-0.25, -0.2) is 0 Å². The highest BCUT2D eigenvalue weighted by molar-refractivity contribution is 9.11. The van der Waals surface area contributed by atoms with Gasteiger partial charge in [-0.2, -0.15) is 0 Å². The Balaban J connectivity index is 2.02. The average molecular weight is 416 g/mol. The van der Waals surface area contributed by atoms with Crippen LogP contribution in [0.25, 0.3) is 0 Å². The number of nitrogens with zero attached hydrogens (tertiary/aromatic N) is 1. The fourth-order valence-corrected chi connectivity index (χ4v) is 4.36. The molecule has 1 fully saturated rings. The van der Waals surface area contributed by atoms with Gasteiger partial charge in [-0.15, -0.1) is 11.3 Å². The first-order valence-electron chi connectivity index (χ1n) is 6.69. The normalized spacial score (nSPS) is 18.1. The van der Waals surface area contributed by atoms with Crippen LogP contribution < -0.4 is 5.32 Å². The smallest absolute Gasteiger partial charge is 0.0708 e. The monoisotopic (exact) mass is 414 g/mol. The van der Waals surface area contributed by atoms with Crippen molar-refractivity contribution in [3.63, 3.8) is 0 Å². The summed E-state index contributed by atoms with van der Waals surface area (Å²) in [6.07, 6.45) is 0. The molecule has 0 spiro atoms. The number of piperazine rings is 1. The zero-order chi connectivity index (χ0) is 13.9. The molecule has 3 rings (SSSR count). The Morgan fingerprint density at radius 3 is 2.65 bits per heavy atom. The number of nitrogens with one attached hydrogen (secondary N) is 1. The van der Waals surface area contributed by atoms with Gasteiger partial charge in [0.2, 0.25) is 0 Å². The first-order chi connectivity index (χ1) is 9.75. The molecule has 0 bridgehead atoms. The van der Waals surface area contributed by atoms with Crippen LogP contribution in [0.1, 0.15) is 16.5 Å². The van der Waals surface area contributed by atoms with E-state index in [2.05, 4.69) is 77.8 Å². The van der Waals surface area contributed by atoms with Crippen LogP contribution in [0.4, 0.5) is 0 Å². The van der Waals surface area contributed by atoms with Gasteiger partial charge < -0.3 is 5.32 Å². The van der Waals surface area contributed by atoms with Crippen LogP contribution in [0.2, 0.25) is 0 Å². The molecule has 106 valence electrons. The van der Waals surface area contributed by atoms with Crippen molar-refractivity contribution in [3.05, 3.63) is 55.1 Å². The van der Waals surface area contributed by atoms with Gasteiger partial charge in [-0.3, -0.25) is 4.90 Å². The van der Waals surface area contributed by atoms with Crippen LogP contribution in [-0.2, 0) is 0 Å². The highest BCUT2D eigenvalue weighted by atomic mass is 79.9. The van der Waals surface area contributed by atoms with Crippen LogP contribution >= 0.6 is 43.2 Å². The molecule has 1 aliphatic heterocycles. The summed E-state index contributed by atoms with van der Waals surface area (Å²) in [6, 6.07) is 11.2. The minimum absolute atomic E-state index is 0.337. The largest absolute Gasteiger partial charge is 0.314 e. The number of hydrogen-bond donors (Lipinski definition) is 1. The van der Waals surface area contributed by atoms with Crippen LogP contribution in [-0.4, -0.2) is 31.1 Å². The first kappa shape index (κ1) is 14.7. The Morgan fingerprint density at radius 1 is 1.15 bits per heavy atom. The predicted molar refractivity (Wildman–Crippen MR) is 92.4 cm³/mol. The Bertz CT molecular complexity index is 565. The van der Waals surface area contributed by atoms with Crippen LogP contribution in [0, 0.1) is 0 Å². The summed E-state index contributed by atoms with van der Waals surface area (Å²) in [4.78, 5) is 3.97. The van der Waals surface area contributed by atoms with Crippen molar-refractivity contribution in [1.29, 1.82) is 0 Å². The summed E-state index contributed by atoms with van der Waals surface area (Å²) >= 11 is 9.16. The van der Waals surface area contributed by atoms with Gasteiger partial charge in [0.15, 0.2) is 0 Å². The van der Waals surface area contributed by atoms with Gasteiger partial charge in [0, 0.05) is 40.0 Å². The predicted octanol–water partition coefficient (Wildman–Crippen LogP) is 4.27. The Morgan fingerprint density at radius 2 is 1.95 bits per heavy atom. The van der Waals surface area contributed by atoms with E-state index in [1.165, 1.54) is 14.9 Å². The van der Waals surface area contributed by atoms with E-state index in [9.17, 15) is 0 Å². The Kier molecular flexibility index (Phi) is 4.94. The van der Waals surface area contributed by atoms with Crippen molar-refractivity contribution < 1.29 is 0 Å². The van der Waals surface area contributed by atoms with E-state index in [0.717, 1.165) is 30.7 Å². The van der Waals surface area contributed by atoms with E-state index in [0.29, 0.717) is 6.04 Å². The van der Waals surface area contributed by atoms with Crippen molar-refractivity contribution in [1.82, 2.24) is 10.2 Å². The molecule has 20 heavy (non-hydrogen) atoms. The summed E-state index contributed by atoms with van der Waals surface area (Å²) in [7, 11) is 0. The van der Waals surface area contributed by atoms with E-state index in [4.69, 9.17) is 0 Å². The fourth-order valence-electron chi connectivity index (χ4n) is 2.64. The molecule has 1 N–H and O–H groups in total. The lowest BCUT2D eigenvalue weighted by atomic mass is 10.0. The van der Waals surface area contributed by atoms with E-state index in [1.807, 2.05) is 11.3 Å². The number of hydrogen-bond acceptors (Lipinski definition) is 3. The van der Waals surface area contributed by atoms with Crippen molar-refractivity contribution in [2.75, 3.05) is 26.2 Å². The van der Waals surface area contributed by atoms with Crippen LogP contribution in [0.5, 0.6) is 0 Å². The lowest BCUT2D eigenvalue weighted by molar-refractivity contribution is 0.200. The number of halogens is 2. The van der Waals surface area contributed by atoms with Crippen LogP contribution in [0.15, 0.2) is 44.7 Å². The SMILES string of the molecule is Brc1ccc(Br)c([C@@H](c2cccs2)N2CCNCC2)c1. The summed E-state index contributed by atoms with van der Waals surface area (Å²) in [6.45, 7) is 4.30. The molecular weight excluding hydrogens is 400 g/mol. The topological polar surface area (TPSA) is 15.3 Å². The van der Waals surface area contributed by atoms with E-state index >= 15 is 0 Å². The quantitative estimate of drug-likeness (QED) is 0.805. The van der Waals surface area contributed by atoms with Crippen molar-refractivity contribution in [3.8, 4) is 0 Å². The maximum absolute atomic E-state index is 3.72. The minimum Gasteiger partial charge on any atom is -0.314 e. The summed E-state index contributed by atoms with van der Waals surface area (Å²) < 4.78 is 2.31. The standard InChI is InChI=1S/C15H16Br2N2S/c16-11-3-4-13(17)12(10-11)15(14-2-1-9-20-14)19-7-5-18-6-8-19/h1-4,9-10,15,18H,5-8H2/t15-/m0/s1. The minimum atomic E-state index is 0.337. The molecule has 1 aromatic heterocycles. The molecule has 2 nitrogen and oxygen atoms in total. The first-order valence-corrected chi connectivity index (χ1v) is 9.15. The summed E-state index contributed by atoms with van der Waals surface area (Å²) in [5, 5.41) is 5.60. The maximum atomic E-state index is 3.72. The van der Waals surface area contributed by atoms with Gasteiger partial charge in [0.25, 0.3) is 0 Å². The van der Waals surface area contributed by atoms with Crippen molar-refractivity contribution in [2.45, 2.75) is 6.04 Å². The van der Waals surface area contributed by atoms with Gasteiger partial charge in [-0.05, 0) is 35.2 Å². The molecule has 0 radical (unpaired) electrons. The highest BCUT2D eigenvalue weighted by Gasteiger charge is 2.26. The van der Waals surface area contributed by atoms with E-state index < -0.39 is 0 Å². The molecule has 0 unspecified atom stereocenters. The molecule has 1 aromatic carbocycles. The van der Waals surface area contributed by atoms with Crippen molar-refractivity contribution >= 4 is 43.2 Å². The van der Waals surface area contributed by atoms with Crippen molar-refractivity contribution in [2.24, 2.45) is 0 Å². The third-order valence-electron chi connectivity index (χ3n) is 3.58. The molecule has 0 amide bonds. The second-order valence-electron chi connectivity index (χ2n) is 4.87.